The summed E-state index contributed by atoms with van der Waals surface area (Å²) in [5, 5.41) is 2.76. The first-order valence-electron chi connectivity index (χ1n) is 13.8. The van der Waals surface area contributed by atoms with Crippen molar-refractivity contribution in [2.75, 3.05) is 13.1 Å². The number of carbonyl (C=O) groups is 2. The molecule has 0 radical (unpaired) electrons. The molecule has 40 heavy (non-hydrogen) atoms. The Kier molecular flexibility index (Phi) is 6.98. The highest BCUT2D eigenvalue weighted by Gasteiger charge is 2.41. The number of alkyl halides is 3. The summed E-state index contributed by atoms with van der Waals surface area (Å²) >= 11 is 0. The molecule has 0 spiro atoms. The molecule has 212 valence electrons. The van der Waals surface area contributed by atoms with Gasteiger partial charge >= 0.3 is 6.36 Å². The molecule has 1 aliphatic carbocycles. The van der Waals surface area contributed by atoms with Crippen LogP contribution in [-0.2, 0) is 11.3 Å². The van der Waals surface area contributed by atoms with Crippen molar-refractivity contribution in [3.8, 4) is 11.5 Å². The van der Waals surface area contributed by atoms with E-state index in [2.05, 4.69) is 21.5 Å². The third-order valence-electron chi connectivity index (χ3n) is 8.50. The number of hydrogen-bond acceptors (Lipinski definition) is 5. The number of fused-ring (bicyclic) bond motifs is 1. The maximum atomic E-state index is 13.1. The van der Waals surface area contributed by atoms with Gasteiger partial charge in [0.2, 0.25) is 5.91 Å². The Bertz CT molecular complexity index is 1320. The number of allylic oxidation sites excluding steroid dienone is 1. The second kappa shape index (κ2) is 10.5. The van der Waals surface area contributed by atoms with Crippen LogP contribution in [0, 0.1) is 0 Å². The number of likely N-dealkylation sites (tertiary alicyclic amines) is 1. The predicted octanol–water partition coefficient (Wildman–Crippen LogP) is 5.12. The van der Waals surface area contributed by atoms with E-state index in [1.807, 2.05) is 18.2 Å². The van der Waals surface area contributed by atoms with Gasteiger partial charge in [-0.15, -0.1) is 13.2 Å². The number of nitrogens with one attached hydrogen (secondary N) is 1. The number of carbonyl (C=O) groups excluding carboxylic acids is 2. The lowest BCUT2D eigenvalue weighted by molar-refractivity contribution is -0.274. The topological polar surface area (TPSA) is 71.1 Å². The van der Waals surface area contributed by atoms with Crippen molar-refractivity contribution in [2.45, 2.75) is 75.5 Å². The quantitative estimate of drug-likeness (QED) is 0.536. The van der Waals surface area contributed by atoms with E-state index in [-0.39, 0.29) is 35.6 Å². The fourth-order valence-corrected chi connectivity index (χ4v) is 6.47. The molecule has 4 aliphatic rings. The van der Waals surface area contributed by atoms with Gasteiger partial charge in [-0.1, -0.05) is 25.1 Å². The van der Waals surface area contributed by atoms with Gasteiger partial charge in [-0.05, 0) is 73.6 Å². The van der Waals surface area contributed by atoms with Gasteiger partial charge in [0.1, 0.15) is 23.6 Å². The molecule has 3 heterocycles. The molecule has 2 amide bonds. The van der Waals surface area contributed by atoms with Crippen molar-refractivity contribution in [1.82, 2.24) is 15.1 Å². The molecule has 0 bridgehead atoms. The first kappa shape index (κ1) is 26.7. The lowest BCUT2D eigenvalue weighted by atomic mass is 9.84. The lowest BCUT2D eigenvalue weighted by Crippen LogP contribution is -2.57. The SMILES string of the molecule is C=C1CCC(N2Cc3cc(O[C@H]4CCCC[C@@H]4N4CC(c5cccc(OC(F)(F)F)c5)C4)ccc3C2=O)C(=O)N1. The Balaban J connectivity index is 1.09. The molecule has 0 aromatic heterocycles. The molecule has 7 nitrogen and oxygen atoms in total. The second-order valence-electron chi connectivity index (χ2n) is 11.2. The Labute approximate surface area is 230 Å². The van der Waals surface area contributed by atoms with Crippen LogP contribution in [0.15, 0.2) is 54.7 Å². The van der Waals surface area contributed by atoms with Crippen LogP contribution in [0.2, 0.25) is 0 Å². The highest BCUT2D eigenvalue weighted by molar-refractivity contribution is 6.01. The van der Waals surface area contributed by atoms with E-state index in [1.54, 1.807) is 17.0 Å². The molecule has 1 unspecified atom stereocenters. The van der Waals surface area contributed by atoms with Crippen LogP contribution in [0.4, 0.5) is 13.2 Å². The number of amides is 2. The molecule has 2 aromatic carbocycles. The van der Waals surface area contributed by atoms with Gasteiger partial charge < -0.3 is 19.7 Å². The molecule has 2 aromatic rings. The summed E-state index contributed by atoms with van der Waals surface area (Å²) in [5.41, 5.74) is 2.99. The fraction of sp³-hybridized carbons (Fsp3) is 0.467. The summed E-state index contributed by atoms with van der Waals surface area (Å²) in [4.78, 5) is 29.5. The van der Waals surface area contributed by atoms with Gasteiger partial charge in [-0.3, -0.25) is 14.5 Å². The molecule has 3 aliphatic heterocycles. The summed E-state index contributed by atoms with van der Waals surface area (Å²) in [6.07, 6.45) is 0.560. The molecule has 10 heteroatoms. The minimum atomic E-state index is -4.71. The normalized spacial score (nSPS) is 25.8. The Morgan fingerprint density at radius 3 is 2.55 bits per heavy atom. The number of rotatable bonds is 6. The number of ether oxygens (including phenoxy) is 2. The number of halogens is 3. The third kappa shape index (κ3) is 5.41. The van der Waals surface area contributed by atoms with Gasteiger partial charge in [0, 0.05) is 42.9 Å². The number of nitrogens with zero attached hydrogens (tertiary/aromatic N) is 2. The van der Waals surface area contributed by atoms with E-state index in [4.69, 9.17) is 4.74 Å². The lowest BCUT2D eigenvalue weighted by Gasteiger charge is -2.48. The smallest absolute Gasteiger partial charge is 0.489 e. The van der Waals surface area contributed by atoms with Crippen molar-refractivity contribution in [3.63, 3.8) is 0 Å². The van der Waals surface area contributed by atoms with Gasteiger partial charge in [-0.2, -0.15) is 0 Å². The van der Waals surface area contributed by atoms with Gasteiger partial charge in [0.25, 0.3) is 5.91 Å². The molecular formula is C30H32F3N3O4. The number of hydrogen-bond donors (Lipinski definition) is 1. The van der Waals surface area contributed by atoms with E-state index in [1.165, 1.54) is 12.1 Å². The van der Waals surface area contributed by atoms with Crippen molar-refractivity contribution >= 4 is 11.8 Å². The average molecular weight is 556 g/mol. The zero-order chi connectivity index (χ0) is 28.0. The zero-order valence-corrected chi connectivity index (χ0v) is 22.1. The van der Waals surface area contributed by atoms with Crippen LogP contribution in [0.3, 0.4) is 0 Å². The first-order chi connectivity index (χ1) is 19.1. The molecular weight excluding hydrogens is 523 g/mol. The van der Waals surface area contributed by atoms with Crippen molar-refractivity contribution in [3.05, 3.63) is 71.4 Å². The van der Waals surface area contributed by atoms with E-state index < -0.39 is 12.4 Å². The minimum absolute atomic E-state index is 0.0176. The van der Waals surface area contributed by atoms with Crippen molar-refractivity contribution < 1.29 is 32.2 Å². The fourth-order valence-electron chi connectivity index (χ4n) is 6.47. The van der Waals surface area contributed by atoms with E-state index in [0.29, 0.717) is 36.4 Å². The summed E-state index contributed by atoms with van der Waals surface area (Å²) in [6, 6.07) is 11.5. The summed E-state index contributed by atoms with van der Waals surface area (Å²) < 4.78 is 48.5. The molecule has 2 saturated heterocycles. The first-order valence-corrected chi connectivity index (χ1v) is 13.8. The van der Waals surface area contributed by atoms with E-state index in [0.717, 1.165) is 49.9 Å². The third-order valence-corrected chi connectivity index (χ3v) is 8.50. The minimum Gasteiger partial charge on any atom is -0.489 e. The molecule has 1 saturated carbocycles. The van der Waals surface area contributed by atoms with E-state index >= 15 is 0 Å². The molecule has 6 rings (SSSR count). The summed E-state index contributed by atoms with van der Waals surface area (Å²) in [6.45, 7) is 5.69. The van der Waals surface area contributed by atoms with Crippen LogP contribution in [0.25, 0.3) is 0 Å². The zero-order valence-electron chi connectivity index (χ0n) is 22.1. The largest absolute Gasteiger partial charge is 0.573 e. The highest BCUT2D eigenvalue weighted by Crippen LogP contribution is 2.38. The van der Waals surface area contributed by atoms with Crippen LogP contribution in [-0.4, -0.2) is 59.3 Å². The Hall–Kier alpha value is -3.53. The second-order valence-corrected chi connectivity index (χ2v) is 11.2. The Morgan fingerprint density at radius 2 is 1.77 bits per heavy atom. The van der Waals surface area contributed by atoms with Crippen LogP contribution in [0.1, 0.15) is 65.9 Å². The van der Waals surface area contributed by atoms with Crippen LogP contribution in [0.5, 0.6) is 11.5 Å². The van der Waals surface area contributed by atoms with Crippen molar-refractivity contribution in [1.29, 1.82) is 0 Å². The van der Waals surface area contributed by atoms with Gasteiger partial charge in [0.05, 0.1) is 0 Å². The molecule has 3 atom stereocenters. The Morgan fingerprint density at radius 1 is 0.975 bits per heavy atom. The van der Waals surface area contributed by atoms with Gasteiger partial charge in [0.15, 0.2) is 0 Å². The van der Waals surface area contributed by atoms with Crippen LogP contribution >= 0.6 is 0 Å². The molecule has 1 N–H and O–H groups in total. The van der Waals surface area contributed by atoms with E-state index in [9.17, 15) is 22.8 Å². The summed E-state index contributed by atoms with van der Waals surface area (Å²) in [5.74, 6) is 0.337. The van der Waals surface area contributed by atoms with Crippen molar-refractivity contribution in [2.24, 2.45) is 0 Å². The highest BCUT2D eigenvalue weighted by atomic mass is 19.4. The monoisotopic (exact) mass is 555 g/mol. The maximum Gasteiger partial charge on any atom is 0.573 e. The van der Waals surface area contributed by atoms with Gasteiger partial charge in [-0.25, -0.2) is 0 Å². The number of piperidine rings is 1. The average Bonchev–Trinajstić information content (AvgIpc) is 3.19. The summed E-state index contributed by atoms with van der Waals surface area (Å²) in [7, 11) is 0. The maximum absolute atomic E-state index is 13.1. The molecule has 3 fully saturated rings. The van der Waals surface area contributed by atoms with Crippen LogP contribution < -0.4 is 14.8 Å². The number of benzene rings is 2. The predicted molar refractivity (Wildman–Crippen MR) is 141 cm³/mol. The standard InChI is InChI=1S/C30H32F3N3O4/c1-18-9-12-26(28(37)34-18)36-17-20-14-22(10-11-24(20)29(36)38)39-27-8-3-2-7-25(27)35-15-21(16-35)19-5-4-6-23(13-19)40-30(31,32)33/h4-6,10-11,13-14,21,25-27H,1-3,7-9,12,15-17H2,(H,34,37)/t25-,26?,27-/m0/s1.